The van der Waals surface area contributed by atoms with Crippen molar-refractivity contribution in [2.24, 2.45) is 11.8 Å². The van der Waals surface area contributed by atoms with E-state index in [2.05, 4.69) is 5.32 Å². The molecule has 0 aromatic heterocycles. The normalized spacial score (nSPS) is 23.1. The van der Waals surface area contributed by atoms with E-state index in [0.717, 1.165) is 12.1 Å². The van der Waals surface area contributed by atoms with Crippen molar-refractivity contribution in [3.8, 4) is 0 Å². The van der Waals surface area contributed by atoms with Crippen LogP contribution in [0, 0.1) is 11.8 Å². The van der Waals surface area contributed by atoms with Crippen molar-refractivity contribution < 1.29 is 27.5 Å². The molecule has 0 saturated carbocycles. The molecule has 1 aliphatic heterocycles. The minimum Gasteiger partial charge on any atom is -0.378 e. The first kappa shape index (κ1) is 19.4. The van der Waals surface area contributed by atoms with Crippen LogP contribution in [0.25, 0.3) is 0 Å². The van der Waals surface area contributed by atoms with Crippen LogP contribution in [0.15, 0.2) is 36.4 Å². The highest BCUT2D eigenvalue weighted by Crippen LogP contribution is 2.32. The Kier molecular flexibility index (Phi) is 5.84. The Balaban J connectivity index is 1.72. The van der Waals surface area contributed by atoms with Crippen LogP contribution >= 0.6 is 0 Å². The lowest BCUT2D eigenvalue weighted by molar-refractivity contribution is -0.144. The fourth-order valence-corrected chi connectivity index (χ4v) is 3.40. The van der Waals surface area contributed by atoms with Gasteiger partial charge in [0.1, 0.15) is 0 Å². The fraction of sp³-hybridized carbons (Fsp3) is 0.474. The Morgan fingerprint density at radius 2 is 1.74 bits per heavy atom. The van der Waals surface area contributed by atoms with Gasteiger partial charge in [0, 0.05) is 18.8 Å². The number of morpholine rings is 1. The number of carbonyl (C=O) groups excluding carboxylic acids is 2. The fourth-order valence-electron chi connectivity index (χ4n) is 3.40. The molecule has 0 radical (unpaired) electrons. The second kappa shape index (κ2) is 8.12. The van der Waals surface area contributed by atoms with Crippen LogP contribution in [0.4, 0.5) is 18.9 Å². The van der Waals surface area contributed by atoms with Crippen LogP contribution in [0.3, 0.4) is 0 Å². The number of halogens is 3. The molecule has 5 nitrogen and oxygen atoms in total. The number of alkyl halides is 3. The SMILES string of the molecule is O=C(Nc1cccc(C(F)(F)F)c1)[C@H]1CC=CC[C@@H]1C(=O)N1CCOCC1. The molecule has 0 bridgehead atoms. The molecule has 0 unspecified atom stereocenters. The minimum atomic E-state index is -4.48. The quantitative estimate of drug-likeness (QED) is 0.818. The highest BCUT2D eigenvalue weighted by molar-refractivity contribution is 5.96. The van der Waals surface area contributed by atoms with Crippen LogP contribution in [0.1, 0.15) is 18.4 Å². The molecule has 146 valence electrons. The van der Waals surface area contributed by atoms with Gasteiger partial charge in [0.05, 0.1) is 30.6 Å². The molecule has 1 N–H and O–H groups in total. The van der Waals surface area contributed by atoms with Gasteiger partial charge in [0.25, 0.3) is 0 Å². The second-order valence-corrected chi connectivity index (χ2v) is 6.66. The molecule has 1 heterocycles. The summed E-state index contributed by atoms with van der Waals surface area (Å²) in [6, 6.07) is 4.50. The van der Waals surface area contributed by atoms with Crippen LogP contribution in [0.5, 0.6) is 0 Å². The van der Waals surface area contributed by atoms with Crippen molar-refractivity contribution in [1.82, 2.24) is 4.90 Å². The number of ether oxygens (including phenoxy) is 1. The van der Waals surface area contributed by atoms with Gasteiger partial charge >= 0.3 is 6.18 Å². The summed E-state index contributed by atoms with van der Waals surface area (Å²) in [7, 11) is 0. The van der Waals surface area contributed by atoms with Crippen molar-refractivity contribution in [3.05, 3.63) is 42.0 Å². The standard InChI is InChI=1S/C19H21F3N2O3/c20-19(21,22)13-4-3-5-14(12-13)23-17(25)15-6-1-2-7-16(15)18(26)24-8-10-27-11-9-24/h1-5,12,15-16H,6-11H2,(H,23,25)/t15-,16-/m0/s1. The summed E-state index contributed by atoms with van der Waals surface area (Å²) in [6.07, 6.45) is 0.0438. The molecule has 1 saturated heterocycles. The number of benzene rings is 1. The predicted octanol–water partition coefficient (Wildman–Crippen LogP) is 3.09. The van der Waals surface area contributed by atoms with E-state index in [4.69, 9.17) is 4.74 Å². The van der Waals surface area contributed by atoms with Gasteiger partial charge in [-0.25, -0.2) is 0 Å². The number of hydrogen-bond donors (Lipinski definition) is 1. The second-order valence-electron chi connectivity index (χ2n) is 6.66. The van der Waals surface area contributed by atoms with E-state index in [-0.39, 0.29) is 11.6 Å². The third-order valence-corrected chi connectivity index (χ3v) is 4.87. The summed E-state index contributed by atoms with van der Waals surface area (Å²) < 4.78 is 43.8. The monoisotopic (exact) mass is 382 g/mol. The van der Waals surface area contributed by atoms with Gasteiger partial charge in [-0.05, 0) is 31.0 Å². The first-order chi connectivity index (χ1) is 12.9. The number of nitrogens with one attached hydrogen (secondary N) is 1. The maximum Gasteiger partial charge on any atom is 0.416 e. The molecular weight excluding hydrogens is 361 g/mol. The molecular formula is C19H21F3N2O3. The van der Waals surface area contributed by atoms with Gasteiger partial charge in [-0.15, -0.1) is 0 Å². The maximum atomic E-state index is 12.9. The third-order valence-electron chi connectivity index (χ3n) is 4.87. The van der Waals surface area contributed by atoms with Crippen molar-refractivity contribution in [2.75, 3.05) is 31.6 Å². The Bertz CT molecular complexity index is 727. The lowest BCUT2D eigenvalue weighted by Gasteiger charge is -2.34. The van der Waals surface area contributed by atoms with E-state index >= 15 is 0 Å². The van der Waals surface area contributed by atoms with Gasteiger partial charge in [-0.2, -0.15) is 13.2 Å². The van der Waals surface area contributed by atoms with E-state index in [1.54, 1.807) is 4.90 Å². The molecule has 8 heteroatoms. The molecule has 2 aliphatic rings. The molecule has 1 aliphatic carbocycles. The lowest BCUT2D eigenvalue weighted by Crippen LogP contribution is -2.47. The van der Waals surface area contributed by atoms with Crippen molar-refractivity contribution in [2.45, 2.75) is 19.0 Å². The number of hydrogen-bond acceptors (Lipinski definition) is 3. The molecule has 27 heavy (non-hydrogen) atoms. The van der Waals surface area contributed by atoms with E-state index in [1.165, 1.54) is 12.1 Å². The van der Waals surface area contributed by atoms with E-state index in [1.807, 2.05) is 12.2 Å². The number of nitrogens with zero attached hydrogens (tertiary/aromatic N) is 1. The highest BCUT2D eigenvalue weighted by Gasteiger charge is 2.37. The van der Waals surface area contributed by atoms with Gasteiger partial charge in [0.2, 0.25) is 11.8 Å². The summed E-state index contributed by atoms with van der Waals surface area (Å²) in [5.41, 5.74) is -0.758. The largest absolute Gasteiger partial charge is 0.416 e. The predicted molar refractivity (Wildman–Crippen MR) is 92.8 cm³/mol. The number of anilines is 1. The minimum absolute atomic E-state index is 0.0712. The Morgan fingerprint density at radius 3 is 2.41 bits per heavy atom. The molecule has 1 aromatic carbocycles. The molecule has 1 fully saturated rings. The molecule has 3 rings (SSSR count). The van der Waals surface area contributed by atoms with E-state index in [9.17, 15) is 22.8 Å². The van der Waals surface area contributed by atoms with Gasteiger partial charge in [-0.1, -0.05) is 18.2 Å². The summed E-state index contributed by atoms with van der Waals surface area (Å²) in [4.78, 5) is 27.2. The van der Waals surface area contributed by atoms with E-state index in [0.29, 0.717) is 39.1 Å². The Labute approximate surface area is 155 Å². The maximum absolute atomic E-state index is 12.9. The topological polar surface area (TPSA) is 58.6 Å². The molecule has 0 spiro atoms. The van der Waals surface area contributed by atoms with Crippen molar-refractivity contribution in [1.29, 1.82) is 0 Å². The summed E-state index contributed by atoms with van der Waals surface area (Å²) >= 11 is 0. The van der Waals surface area contributed by atoms with Crippen LogP contribution in [-0.2, 0) is 20.5 Å². The zero-order valence-corrected chi connectivity index (χ0v) is 14.7. The zero-order valence-electron chi connectivity index (χ0n) is 14.7. The van der Waals surface area contributed by atoms with Crippen molar-refractivity contribution >= 4 is 17.5 Å². The first-order valence-corrected chi connectivity index (χ1v) is 8.86. The van der Waals surface area contributed by atoms with Gasteiger partial charge < -0.3 is 15.0 Å². The van der Waals surface area contributed by atoms with Gasteiger partial charge in [0.15, 0.2) is 0 Å². The number of carbonyl (C=O) groups is 2. The Morgan fingerprint density at radius 1 is 1.07 bits per heavy atom. The number of amides is 2. The van der Waals surface area contributed by atoms with Crippen LogP contribution < -0.4 is 5.32 Å². The highest BCUT2D eigenvalue weighted by atomic mass is 19.4. The third kappa shape index (κ3) is 4.68. The summed E-state index contributed by atoms with van der Waals surface area (Å²) in [6.45, 7) is 1.91. The number of allylic oxidation sites excluding steroid dienone is 2. The van der Waals surface area contributed by atoms with Crippen LogP contribution in [-0.4, -0.2) is 43.0 Å². The Hall–Kier alpha value is -2.35. The average Bonchev–Trinajstić information content (AvgIpc) is 2.67. The van der Waals surface area contributed by atoms with Crippen LogP contribution in [0.2, 0.25) is 0 Å². The molecule has 2 atom stereocenters. The van der Waals surface area contributed by atoms with E-state index < -0.39 is 29.5 Å². The van der Waals surface area contributed by atoms with Gasteiger partial charge in [-0.3, -0.25) is 9.59 Å². The average molecular weight is 382 g/mol. The first-order valence-electron chi connectivity index (χ1n) is 8.86. The smallest absolute Gasteiger partial charge is 0.378 e. The molecule has 2 amide bonds. The summed E-state index contributed by atoms with van der Waals surface area (Å²) in [5, 5.41) is 2.54. The molecule has 1 aromatic rings. The number of rotatable bonds is 3. The zero-order chi connectivity index (χ0) is 19.4. The lowest BCUT2D eigenvalue weighted by atomic mass is 9.81. The summed E-state index contributed by atoms with van der Waals surface area (Å²) in [5.74, 6) is -1.67. The van der Waals surface area contributed by atoms with Crippen molar-refractivity contribution in [3.63, 3.8) is 0 Å².